The number of unbranched alkanes of at least 4 members (excludes halogenated alkanes) is 1. The lowest BCUT2D eigenvalue weighted by molar-refractivity contribution is 0.00499. The van der Waals surface area contributed by atoms with E-state index < -0.39 is 12.3 Å². The van der Waals surface area contributed by atoms with Gasteiger partial charge in [0.2, 0.25) is 0 Å². The van der Waals surface area contributed by atoms with Crippen LogP contribution in [0.4, 0.5) is 10.5 Å². The zero-order valence-corrected chi connectivity index (χ0v) is 27.4. The first-order valence-corrected chi connectivity index (χ1v) is 15.9. The summed E-state index contributed by atoms with van der Waals surface area (Å²) in [6, 6.07) is 14.8. The standard InChI is InChI=1S/C33H44Cl2N4O4/c1-23(2)22-36(5)33(41)43-32(24(3)4)39-29-21-26(13-11-25(29)12-14-30(39)40)42-20-7-6-15-37-16-18-38(19-17-37)28-10-8-9-27(34)31(28)35/h8-14,21,23-24,32H,6-7,15-20,22H2,1-5H3. The van der Waals surface area contributed by atoms with E-state index >= 15 is 0 Å². The van der Waals surface area contributed by atoms with Crippen molar-refractivity contribution in [1.29, 1.82) is 0 Å². The SMILES string of the molecule is CC(C)CN(C)C(=O)OC(C(C)C)n1c(=O)ccc2ccc(OCCCCN3CCN(c4cccc(Cl)c4Cl)CC3)cc21. The molecule has 0 saturated carbocycles. The van der Waals surface area contributed by atoms with E-state index in [0.29, 0.717) is 40.4 Å². The second kappa shape index (κ2) is 15.2. The average Bonchev–Trinajstić information content (AvgIpc) is 2.97. The van der Waals surface area contributed by atoms with Gasteiger partial charge in [0.15, 0.2) is 6.23 Å². The maximum atomic E-state index is 13.1. The van der Waals surface area contributed by atoms with Crippen molar-refractivity contribution in [2.75, 3.05) is 57.8 Å². The summed E-state index contributed by atoms with van der Waals surface area (Å²) in [5.41, 5.74) is 1.46. The largest absolute Gasteiger partial charge is 0.494 e. The van der Waals surface area contributed by atoms with E-state index in [0.717, 1.165) is 56.6 Å². The predicted octanol–water partition coefficient (Wildman–Crippen LogP) is 7.17. The zero-order chi connectivity index (χ0) is 31.1. The van der Waals surface area contributed by atoms with E-state index in [1.54, 1.807) is 22.6 Å². The van der Waals surface area contributed by atoms with E-state index in [1.165, 1.54) is 6.07 Å². The van der Waals surface area contributed by atoms with E-state index in [9.17, 15) is 9.59 Å². The number of ether oxygens (including phenoxy) is 2. The molecule has 0 bridgehead atoms. The van der Waals surface area contributed by atoms with Crippen LogP contribution >= 0.6 is 23.2 Å². The maximum Gasteiger partial charge on any atom is 0.411 e. The van der Waals surface area contributed by atoms with Gasteiger partial charge in [-0.05, 0) is 61.0 Å². The summed E-state index contributed by atoms with van der Waals surface area (Å²) in [4.78, 5) is 32.3. The number of piperazine rings is 1. The van der Waals surface area contributed by atoms with Crippen molar-refractivity contribution in [2.24, 2.45) is 11.8 Å². The minimum atomic E-state index is -0.746. The van der Waals surface area contributed by atoms with Crippen LogP contribution in [0, 0.1) is 11.8 Å². The van der Waals surface area contributed by atoms with Crippen LogP contribution in [-0.2, 0) is 4.74 Å². The van der Waals surface area contributed by atoms with Gasteiger partial charge in [0.25, 0.3) is 5.56 Å². The number of aromatic nitrogens is 1. The lowest BCUT2D eigenvalue weighted by Gasteiger charge is -2.36. The average molecular weight is 632 g/mol. The van der Waals surface area contributed by atoms with E-state index in [1.807, 2.05) is 64.1 Å². The van der Waals surface area contributed by atoms with Crippen LogP contribution in [0.1, 0.15) is 46.8 Å². The lowest BCUT2D eigenvalue weighted by atomic mass is 10.1. The van der Waals surface area contributed by atoms with Crippen LogP contribution in [-0.4, -0.2) is 73.4 Å². The first-order valence-electron chi connectivity index (χ1n) is 15.2. The van der Waals surface area contributed by atoms with E-state index in [4.69, 9.17) is 32.7 Å². The van der Waals surface area contributed by atoms with E-state index in [2.05, 4.69) is 9.80 Å². The number of amides is 1. The normalized spacial score (nSPS) is 14.9. The molecular formula is C33H44Cl2N4O4. The van der Waals surface area contributed by atoms with Gasteiger partial charge < -0.3 is 19.3 Å². The molecule has 3 aromatic rings. The fourth-order valence-corrected chi connectivity index (χ4v) is 5.88. The first kappa shape index (κ1) is 33.0. The third kappa shape index (κ3) is 8.58. The van der Waals surface area contributed by atoms with Crippen molar-refractivity contribution in [1.82, 2.24) is 14.4 Å². The first-order chi connectivity index (χ1) is 20.5. The molecule has 1 unspecified atom stereocenters. The summed E-state index contributed by atoms with van der Waals surface area (Å²) in [5.74, 6) is 0.873. The van der Waals surface area contributed by atoms with Gasteiger partial charge in [-0.1, -0.05) is 57.0 Å². The smallest absolute Gasteiger partial charge is 0.411 e. The third-order valence-corrected chi connectivity index (χ3v) is 8.49. The van der Waals surface area contributed by atoms with Crippen LogP contribution in [0.25, 0.3) is 10.9 Å². The molecular weight excluding hydrogens is 587 g/mol. The number of halogens is 2. The summed E-state index contributed by atoms with van der Waals surface area (Å²) < 4.78 is 13.6. The van der Waals surface area contributed by atoms with Gasteiger partial charge in [0.1, 0.15) is 5.75 Å². The molecule has 1 saturated heterocycles. The molecule has 1 fully saturated rings. The molecule has 8 nitrogen and oxygen atoms in total. The molecule has 0 radical (unpaired) electrons. The van der Waals surface area contributed by atoms with Crippen molar-refractivity contribution in [2.45, 2.75) is 46.8 Å². The molecule has 0 N–H and O–H groups in total. The molecule has 0 aliphatic carbocycles. The summed E-state index contributed by atoms with van der Waals surface area (Å²) in [6.45, 7) is 13.9. The van der Waals surface area contributed by atoms with Gasteiger partial charge in [-0.3, -0.25) is 14.3 Å². The number of carbonyl (C=O) groups excluding carboxylic acids is 1. The van der Waals surface area contributed by atoms with Crippen molar-refractivity contribution < 1.29 is 14.3 Å². The van der Waals surface area contributed by atoms with Gasteiger partial charge in [-0.2, -0.15) is 0 Å². The van der Waals surface area contributed by atoms with Gasteiger partial charge in [-0.25, -0.2) is 4.79 Å². The molecule has 1 atom stereocenters. The number of fused-ring (bicyclic) bond motifs is 1. The van der Waals surface area contributed by atoms with Crippen molar-refractivity contribution >= 4 is 45.9 Å². The number of hydrogen-bond donors (Lipinski definition) is 0. The molecule has 234 valence electrons. The number of pyridine rings is 1. The molecule has 43 heavy (non-hydrogen) atoms. The van der Waals surface area contributed by atoms with Crippen LogP contribution < -0.4 is 15.2 Å². The van der Waals surface area contributed by atoms with Crippen molar-refractivity contribution in [3.05, 3.63) is 68.9 Å². The Balaban J connectivity index is 1.32. The predicted molar refractivity (Wildman–Crippen MR) is 176 cm³/mol. The van der Waals surface area contributed by atoms with Crippen LogP contribution in [0.2, 0.25) is 10.0 Å². The lowest BCUT2D eigenvalue weighted by Crippen LogP contribution is -2.46. The third-order valence-electron chi connectivity index (χ3n) is 7.68. The Labute approximate surface area is 265 Å². The monoisotopic (exact) mass is 630 g/mol. The Morgan fingerprint density at radius 3 is 2.40 bits per heavy atom. The van der Waals surface area contributed by atoms with Gasteiger partial charge in [-0.15, -0.1) is 0 Å². The highest BCUT2D eigenvalue weighted by atomic mass is 35.5. The number of rotatable bonds is 12. The van der Waals surface area contributed by atoms with Gasteiger partial charge in [0.05, 0.1) is 27.9 Å². The molecule has 1 amide bonds. The maximum absolute atomic E-state index is 13.1. The second-order valence-electron chi connectivity index (χ2n) is 12.0. The Bertz CT molecular complexity index is 1440. The molecule has 2 heterocycles. The highest BCUT2D eigenvalue weighted by Gasteiger charge is 2.25. The van der Waals surface area contributed by atoms with Gasteiger partial charge in [0, 0.05) is 57.8 Å². The van der Waals surface area contributed by atoms with Crippen LogP contribution in [0.5, 0.6) is 5.75 Å². The summed E-state index contributed by atoms with van der Waals surface area (Å²) in [7, 11) is 1.72. The highest BCUT2D eigenvalue weighted by Crippen LogP contribution is 2.33. The fourth-order valence-electron chi connectivity index (χ4n) is 5.46. The summed E-state index contributed by atoms with van der Waals surface area (Å²) in [6.07, 6.45) is 0.738. The molecule has 0 spiro atoms. The quantitative estimate of drug-likeness (QED) is 0.198. The number of carbonyl (C=O) groups is 1. The van der Waals surface area contributed by atoms with Crippen LogP contribution in [0.15, 0.2) is 53.3 Å². The van der Waals surface area contributed by atoms with Gasteiger partial charge >= 0.3 is 6.09 Å². The molecule has 10 heteroatoms. The Kier molecular flexibility index (Phi) is 11.6. The molecule has 1 aliphatic heterocycles. The highest BCUT2D eigenvalue weighted by molar-refractivity contribution is 6.43. The molecule has 1 aromatic heterocycles. The fraction of sp³-hybridized carbons (Fsp3) is 0.515. The molecule has 1 aliphatic rings. The minimum Gasteiger partial charge on any atom is -0.494 e. The van der Waals surface area contributed by atoms with Crippen LogP contribution in [0.3, 0.4) is 0 Å². The summed E-state index contributed by atoms with van der Waals surface area (Å²) in [5, 5.41) is 2.09. The summed E-state index contributed by atoms with van der Waals surface area (Å²) >= 11 is 12.6. The van der Waals surface area contributed by atoms with Crippen molar-refractivity contribution in [3.63, 3.8) is 0 Å². The topological polar surface area (TPSA) is 67.2 Å². The Morgan fingerprint density at radius 2 is 1.70 bits per heavy atom. The Morgan fingerprint density at radius 1 is 0.977 bits per heavy atom. The Hall–Kier alpha value is -2.94. The zero-order valence-electron chi connectivity index (χ0n) is 25.9. The number of benzene rings is 2. The number of anilines is 1. The second-order valence-corrected chi connectivity index (χ2v) is 12.8. The number of hydrogen-bond acceptors (Lipinski definition) is 6. The molecule has 2 aromatic carbocycles. The number of nitrogens with zero attached hydrogens (tertiary/aromatic N) is 4. The minimum absolute atomic E-state index is 0.117. The van der Waals surface area contributed by atoms with E-state index in [-0.39, 0.29) is 11.5 Å². The molecule has 4 rings (SSSR count). The van der Waals surface area contributed by atoms with Crippen molar-refractivity contribution in [3.8, 4) is 5.75 Å².